The van der Waals surface area contributed by atoms with Crippen molar-refractivity contribution in [1.82, 2.24) is 0 Å². The maximum Gasteiger partial charge on any atom is 0.306 e. The third-order valence-electron chi connectivity index (χ3n) is 10.1. The number of aliphatic hydroxyl groups excluding tert-OH is 1. The normalized spacial score (nSPS) is 12.7. The SMILES string of the molecule is CCCCCCC/C=C\C/C=C\C/C=C\CCCCCCCCCCCCCOCC(CO)OC(=O)CCCCCCC/C=C\CCCCCCCC. The largest absolute Gasteiger partial charge is 0.457 e. The zero-order valence-corrected chi connectivity index (χ0v) is 35.5. The fraction of sp³-hybridized carbons (Fsp3) is 0.816. The van der Waals surface area contributed by atoms with Gasteiger partial charge in [0, 0.05) is 13.0 Å². The van der Waals surface area contributed by atoms with Crippen LogP contribution >= 0.6 is 0 Å². The van der Waals surface area contributed by atoms with Crippen LogP contribution < -0.4 is 0 Å². The molecule has 0 aliphatic rings. The number of rotatable bonds is 43. The fourth-order valence-corrected chi connectivity index (χ4v) is 6.62. The van der Waals surface area contributed by atoms with Crippen molar-refractivity contribution in [2.75, 3.05) is 19.8 Å². The zero-order valence-electron chi connectivity index (χ0n) is 35.5. The predicted octanol–water partition coefficient (Wildman–Crippen LogP) is 15.4. The molecule has 1 unspecified atom stereocenters. The van der Waals surface area contributed by atoms with Crippen LogP contribution in [0.25, 0.3) is 0 Å². The lowest BCUT2D eigenvalue weighted by atomic mass is 10.1. The average molecular weight is 743 g/mol. The van der Waals surface area contributed by atoms with E-state index in [0.717, 1.165) is 32.1 Å². The van der Waals surface area contributed by atoms with Gasteiger partial charge < -0.3 is 14.6 Å². The first-order chi connectivity index (χ1) is 26.2. The molecule has 0 fully saturated rings. The van der Waals surface area contributed by atoms with Crippen LogP contribution in [0, 0.1) is 0 Å². The molecule has 0 heterocycles. The molecule has 4 heteroatoms. The summed E-state index contributed by atoms with van der Waals surface area (Å²) >= 11 is 0. The Morgan fingerprint density at radius 3 is 1.21 bits per heavy atom. The lowest BCUT2D eigenvalue weighted by Gasteiger charge is -2.15. The van der Waals surface area contributed by atoms with Crippen molar-refractivity contribution < 1.29 is 19.4 Å². The van der Waals surface area contributed by atoms with Gasteiger partial charge in [-0.25, -0.2) is 0 Å². The first-order valence-corrected chi connectivity index (χ1v) is 23.2. The van der Waals surface area contributed by atoms with Crippen LogP contribution in [-0.2, 0) is 14.3 Å². The lowest BCUT2D eigenvalue weighted by Crippen LogP contribution is -2.27. The van der Waals surface area contributed by atoms with Crippen LogP contribution in [0.4, 0.5) is 0 Å². The second-order valence-electron chi connectivity index (χ2n) is 15.5. The summed E-state index contributed by atoms with van der Waals surface area (Å²) in [6.45, 7) is 5.33. The van der Waals surface area contributed by atoms with Gasteiger partial charge in [-0.3, -0.25) is 4.79 Å². The summed E-state index contributed by atoms with van der Waals surface area (Å²) in [6.07, 6.45) is 60.4. The van der Waals surface area contributed by atoms with Crippen LogP contribution in [0.1, 0.15) is 232 Å². The molecule has 0 radical (unpaired) electrons. The molecule has 0 aromatic rings. The minimum atomic E-state index is -0.540. The first-order valence-electron chi connectivity index (χ1n) is 23.2. The molecule has 0 aliphatic heterocycles. The van der Waals surface area contributed by atoms with Gasteiger partial charge in [-0.05, 0) is 77.0 Å². The van der Waals surface area contributed by atoms with E-state index in [1.165, 1.54) is 180 Å². The molecule has 4 nitrogen and oxygen atoms in total. The van der Waals surface area contributed by atoms with Crippen molar-refractivity contribution >= 4 is 5.97 Å². The van der Waals surface area contributed by atoms with E-state index in [1.807, 2.05) is 0 Å². The molecule has 0 amide bonds. The number of ether oxygens (including phenoxy) is 2. The van der Waals surface area contributed by atoms with Crippen molar-refractivity contribution in [2.45, 2.75) is 238 Å². The summed E-state index contributed by atoms with van der Waals surface area (Å²) in [5.41, 5.74) is 0. The van der Waals surface area contributed by atoms with E-state index in [4.69, 9.17) is 9.47 Å². The number of esters is 1. The Morgan fingerprint density at radius 1 is 0.453 bits per heavy atom. The number of carbonyl (C=O) groups is 1. The minimum Gasteiger partial charge on any atom is -0.457 e. The summed E-state index contributed by atoms with van der Waals surface area (Å²) in [5.74, 6) is -0.209. The van der Waals surface area contributed by atoms with E-state index in [1.54, 1.807) is 0 Å². The Bertz CT molecular complexity index is 828. The van der Waals surface area contributed by atoms with Gasteiger partial charge in [-0.1, -0.05) is 197 Å². The highest BCUT2D eigenvalue weighted by molar-refractivity contribution is 5.69. The van der Waals surface area contributed by atoms with Crippen LogP contribution in [0.3, 0.4) is 0 Å². The lowest BCUT2D eigenvalue weighted by molar-refractivity contribution is -0.154. The summed E-state index contributed by atoms with van der Waals surface area (Å²) in [6, 6.07) is 0. The van der Waals surface area contributed by atoms with E-state index >= 15 is 0 Å². The second-order valence-corrected chi connectivity index (χ2v) is 15.5. The first kappa shape index (κ1) is 51.4. The van der Waals surface area contributed by atoms with E-state index in [0.29, 0.717) is 19.6 Å². The van der Waals surface area contributed by atoms with Gasteiger partial charge in [0.2, 0.25) is 0 Å². The molecule has 0 bridgehead atoms. The van der Waals surface area contributed by atoms with E-state index in [-0.39, 0.29) is 12.6 Å². The number of unbranched alkanes of at least 4 members (excludes halogenated alkanes) is 27. The van der Waals surface area contributed by atoms with Crippen LogP contribution in [0.15, 0.2) is 48.6 Å². The predicted molar refractivity (Wildman–Crippen MR) is 233 cm³/mol. The molecule has 0 rings (SSSR count). The van der Waals surface area contributed by atoms with Crippen molar-refractivity contribution in [1.29, 1.82) is 0 Å². The maximum absolute atomic E-state index is 12.2. The molecule has 0 saturated carbocycles. The smallest absolute Gasteiger partial charge is 0.306 e. The molecular formula is C49H90O4. The molecule has 310 valence electrons. The molecule has 0 spiro atoms. The zero-order chi connectivity index (χ0) is 38.4. The fourth-order valence-electron chi connectivity index (χ4n) is 6.62. The van der Waals surface area contributed by atoms with E-state index in [9.17, 15) is 9.90 Å². The number of aliphatic hydroxyl groups is 1. The number of carbonyl (C=O) groups excluding carboxylic acids is 1. The molecular weight excluding hydrogens is 653 g/mol. The maximum atomic E-state index is 12.2. The topological polar surface area (TPSA) is 55.8 Å². The van der Waals surface area contributed by atoms with Gasteiger partial charge in [-0.15, -0.1) is 0 Å². The third-order valence-corrected chi connectivity index (χ3v) is 10.1. The van der Waals surface area contributed by atoms with Crippen molar-refractivity contribution in [3.05, 3.63) is 48.6 Å². The third kappa shape index (κ3) is 44.6. The minimum absolute atomic E-state index is 0.176. The summed E-state index contributed by atoms with van der Waals surface area (Å²) in [5, 5.41) is 9.61. The van der Waals surface area contributed by atoms with E-state index in [2.05, 4.69) is 62.5 Å². The molecule has 53 heavy (non-hydrogen) atoms. The van der Waals surface area contributed by atoms with Crippen molar-refractivity contribution in [2.24, 2.45) is 0 Å². The molecule has 1 atom stereocenters. The Morgan fingerprint density at radius 2 is 0.792 bits per heavy atom. The van der Waals surface area contributed by atoms with Crippen LogP contribution in [0.2, 0.25) is 0 Å². The van der Waals surface area contributed by atoms with Crippen molar-refractivity contribution in [3.63, 3.8) is 0 Å². The Kier molecular flexibility index (Phi) is 45.1. The second kappa shape index (κ2) is 46.5. The summed E-state index contributed by atoms with van der Waals surface area (Å²) < 4.78 is 11.2. The van der Waals surface area contributed by atoms with Crippen LogP contribution in [-0.4, -0.2) is 37.0 Å². The molecule has 0 saturated heterocycles. The van der Waals surface area contributed by atoms with Crippen molar-refractivity contribution in [3.8, 4) is 0 Å². The standard InChI is InChI=1S/C49H90O4/c1-3-5-7-9-11-13-15-17-19-20-21-22-23-24-25-26-27-28-29-31-33-35-37-39-41-43-45-52-47-48(46-50)53-49(51)44-42-40-38-36-34-32-30-18-16-14-12-10-8-6-4-2/h15,17-18,20-21,23-24,30,48,50H,3-14,16,19,22,25-29,31-47H2,1-2H3/b17-15-,21-20-,24-23-,30-18-. The Hall–Kier alpha value is -1.65. The number of allylic oxidation sites excluding steroid dienone is 8. The van der Waals surface area contributed by atoms with Gasteiger partial charge in [0.25, 0.3) is 0 Å². The Balaban J connectivity index is 3.42. The average Bonchev–Trinajstić information content (AvgIpc) is 3.16. The van der Waals surface area contributed by atoms with Gasteiger partial charge in [0.1, 0.15) is 6.10 Å². The van der Waals surface area contributed by atoms with Gasteiger partial charge in [0.05, 0.1) is 13.2 Å². The van der Waals surface area contributed by atoms with E-state index < -0.39 is 6.10 Å². The highest BCUT2D eigenvalue weighted by atomic mass is 16.6. The Labute approximate surface area is 331 Å². The quantitative estimate of drug-likeness (QED) is 0.0384. The summed E-state index contributed by atoms with van der Waals surface area (Å²) in [4.78, 5) is 12.2. The van der Waals surface area contributed by atoms with Gasteiger partial charge >= 0.3 is 5.97 Å². The highest BCUT2D eigenvalue weighted by Gasteiger charge is 2.13. The number of hydrogen-bond donors (Lipinski definition) is 1. The number of hydrogen-bond acceptors (Lipinski definition) is 4. The van der Waals surface area contributed by atoms with Gasteiger partial charge in [0.15, 0.2) is 0 Å². The van der Waals surface area contributed by atoms with Gasteiger partial charge in [-0.2, -0.15) is 0 Å². The molecule has 0 aliphatic carbocycles. The highest BCUT2D eigenvalue weighted by Crippen LogP contribution is 2.14. The summed E-state index contributed by atoms with van der Waals surface area (Å²) in [7, 11) is 0. The van der Waals surface area contributed by atoms with Crippen LogP contribution in [0.5, 0.6) is 0 Å². The molecule has 0 aromatic carbocycles. The molecule has 1 N–H and O–H groups in total. The molecule has 0 aromatic heterocycles. The monoisotopic (exact) mass is 743 g/mol.